The fraction of sp³-hybridized carbons (Fsp3) is 0.941. The van der Waals surface area contributed by atoms with Crippen molar-refractivity contribution in [3.63, 3.8) is 0 Å². The van der Waals surface area contributed by atoms with Gasteiger partial charge in [-0.05, 0) is 64.6 Å². The standard InChI is InChI=1S/C17H35N3O/c1-4-20(5-2)11-7-8-14(3)19-17(21)13-15-9-6-10-16(18)12-15/h14-16H,4-13,18H2,1-3H3,(H,19,21). The summed E-state index contributed by atoms with van der Waals surface area (Å²) in [5, 5.41) is 3.15. The van der Waals surface area contributed by atoms with Crippen LogP contribution in [0.4, 0.5) is 0 Å². The molecule has 3 N–H and O–H groups in total. The lowest BCUT2D eigenvalue weighted by molar-refractivity contribution is -0.122. The summed E-state index contributed by atoms with van der Waals surface area (Å²) in [4.78, 5) is 14.5. The molecule has 1 aliphatic carbocycles. The minimum atomic E-state index is 0.212. The van der Waals surface area contributed by atoms with Gasteiger partial charge in [-0.15, -0.1) is 0 Å². The number of carbonyl (C=O) groups excluding carboxylic acids is 1. The Morgan fingerprint density at radius 3 is 2.67 bits per heavy atom. The molecule has 0 aliphatic heterocycles. The van der Waals surface area contributed by atoms with Crippen LogP contribution in [0.15, 0.2) is 0 Å². The number of hydrogen-bond donors (Lipinski definition) is 2. The third kappa shape index (κ3) is 7.82. The molecule has 1 aliphatic rings. The van der Waals surface area contributed by atoms with Gasteiger partial charge in [-0.3, -0.25) is 4.79 Å². The molecule has 0 radical (unpaired) electrons. The normalized spacial score (nSPS) is 24.0. The van der Waals surface area contributed by atoms with Crippen LogP contribution in [0.2, 0.25) is 0 Å². The monoisotopic (exact) mass is 297 g/mol. The van der Waals surface area contributed by atoms with Crippen molar-refractivity contribution in [2.24, 2.45) is 11.7 Å². The highest BCUT2D eigenvalue weighted by molar-refractivity contribution is 5.76. The van der Waals surface area contributed by atoms with Crippen molar-refractivity contribution in [3.05, 3.63) is 0 Å². The van der Waals surface area contributed by atoms with E-state index >= 15 is 0 Å². The molecule has 21 heavy (non-hydrogen) atoms. The van der Waals surface area contributed by atoms with Gasteiger partial charge >= 0.3 is 0 Å². The molecule has 0 aromatic heterocycles. The molecule has 0 heterocycles. The fourth-order valence-electron chi connectivity index (χ4n) is 3.35. The van der Waals surface area contributed by atoms with E-state index < -0.39 is 0 Å². The Morgan fingerprint density at radius 2 is 2.05 bits per heavy atom. The molecule has 3 unspecified atom stereocenters. The maximum absolute atomic E-state index is 12.1. The van der Waals surface area contributed by atoms with Crippen molar-refractivity contribution in [2.75, 3.05) is 19.6 Å². The SMILES string of the molecule is CCN(CC)CCCC(C)NC(=O)CC1CCCC(N)C1. The molecule has 0 aromatic carbocycles. The van der Waals surface area contributed by atoms with Crippen LogP contribution in [0.3, 0.4) is 0 Å². The average Bonchev–Trinajstić information content (AvgIpc) is 2.43. The zero-order valence-electron chi connectivity index (χ0n) is 14.2. The first kappa shape index (κ1) is 18.4. The van der Waals surface area contributed by atoms with Crippen LogP contribution in [0.5, 0.6) is 0 Å². The van der Waals surface area contributed by atoms with Gasteiger partial charge in [0.05, 0.1) is 0 Å². The number of nitrogens with zero attached hydrogens (tertiary/aromatic N) is 1. The Balaban J connectivity index is 2.15. The topological polar surface area (TPSA) is 58.4 Å². The molecule has 1 saturated carbocycles. The largest absolute Gasteiger partial charge is 0.354 e. The molecule has 0 spiro atoms. The third-order valence-corrected chi connectivity index (χ3v) is 4.71. The molecule has 0 saturated heterocycles. The zero-order chi connectivity index (χ0) is 15.7. The van der Waals surface area contributed by atoms with Gasteiger partial charge in [-0.2, -0.15) is 0 Å². The van der Waals surface area contributed by atoms with E-state index in [-0.39, 0.29) is 11.9 Å². The van der Waals surface area contributed by atoms with Gasteiger partial charge in [-0.1, -0.05) is 20.3 Å². The van der Waals surface area contributed by atoms with Crippen LogP contribution in [-0.2, 0) is 4.79 Å². The summed E-state index contributed by atoms with van der Waals surface area (Å²) in [6.45, 7) is 9.86. The lowest BCUT2D eigenvalue weighted by Crippen LogP contribution is -2.36. The van der Waals surface area contributed by atoms with Gasteiger partial charge < -0.3 is 16.0 Å². The zero-order valence-corrected chi connectivity index (χ0v) is 14.2. The summed E-state index contributed by atoms with van der Waals surface area (Å²) in [6, 6.07) is 0.591. The van der Waals surface area contributed by atoms with Crippen LogP contribution in [0.1, 0.15) is 65.7 Å². The van der Waals surface area contributed by atoms with E-state index in [4.69, 9.17) is 5.73 Å². The Hall–Kier alpha value is -0.610. The van der Waals surface area contributed by atoms with E-state index in [9.17, 15) is 4.79 Å². The van der Waals surface area contributed by atoms with Gasteiger partial charge in [-0.25, -0.2) is 0 Å². The molecule has 0 aromatic rings. The lowest BCUT2D eigenvalue weighted by atomic mass is 9.84. The molecular formula is C17H35N3O. The third-order valence-electron chi connectivity index (χ3n) is 4.71. The highest BCUT2D eigenvalue weighted by Crippen LogP contribution is 2.25. The fourth-order valence-corrected chi connectivity index (χ4v) is 3.35. The first-order valence-corrected chi connectivity index (χ1v) is 8.82. The number of carbonyl (C=O) groups is 1. The van der Waals surface area contributed by atoms with Crippen LogP contribution in [-0.4, -0.2) is 42.5 Å². The Kier molecular flexibility index (Phi) is 8.93. The first-order valence-electron chi connectivity index (χ1n) is 8.82. The van der Waals surface area contributed by atoms with Gasteiger partial charge in [0.15, 0.2) is 0 Å². The van der Waals surface area contributed by atoms with Crippen LogP contribution >= 0.6 is 0 Å². The second kappa shape index (κ2) is 10.2. The number of hydrogen-bond acceptors (Lipinski definition) is 3. The van der Waals surface area contributed by atoms with Gasteiger partial charge in [0.25, 0.3) is 0 Å². The molecule has 1 rings (SSSR count). The molecule has 4 nitrogen and oxygen atoms in total. The highest BCUT2D eigenvalue weighted by Gasteiger charge is 2.22. The summed E-state index contributed by atoms with van der Waals surface area (Å²) in [6.07, 6.45) is 7.36. The Bertz CT molecular complexity index is 292. The van der Waals surface area contributed by atoms with Crippen molar-refractivity contribution < 1.29 is 4.79 Å². The van der Waals surface area contributed by atoms with E-state index in [0.717, 1.165) is 51.7 Å². The maximum atomic E-state index is 12.1. The summed E-state index contributed by atoms with van der Waals surface area (Å²) in [7, 11) is 0. The van der Waals surface area contributed by atoms with E-state index in [2.05, 4.69) is 31.0 Å². The van der Waals surface area contributed by atoms with Crippen molar-refractivity contribution in [1.82, 2.24) is 10.2 Å². The van der Waals surface area contributed by atoms with Gasteiger partial charge in [0.2, 0.25) is 5.91 Å². The summed E-state index contributed by atoms with van der Waals surface area (Å²) < 4.78 is 0. The molecular weight excluding hydrogens is 262 g/mol. The lowest BCUT2D eigenvalue weighted by Gasteiger charge is -2.26. The van der Waals surface area contributed by atoms with E-state index in [0.29, 0.717) is 18.4 Å². The summed E-state index contributed by atoms with van der Waals surface area (Å²) >= 11 is 0. The molecule has 1 fully saturated rings. The summed E-state index contributed by atoms with van der Waals surface area (Å²) in [5.41, 5.74) is 5.99. The van der Waals surface area contributed by atoms with E-state index in [1.807, 2.05) is 0 Å². The molecule has 1 amide bonds. The van der Waals surface area contributed by atoms with Crippen LogP contribution in [0, 0.1) is 5.92 Å². The van der Waals surface area contributed by atoms with Crippen LogP contribution in [0.25, 0.3) is 0 Å². The second-order valence-electron chi connectivity index (χ2n) is 6.63. The molecule has 4 heteroatoms. The average molecular weight is 297 g/mol. The molecule has 3 atom stereocenters. The molecule has 0 bridgehead atoms. The minimum Gasteiger partial charge on any atom is -0.354 e. The maximum Gasteiger partial charge on any atom is 0.220 e. The highest BCUT2D eigenvalue weighted by atomic mass is 16.1. The van der Waals surface area contributed by atoms with E-state index in [1.165, 1.54) is 6.42 Å². The predicted molar refractivity (Wildman–Crippen MR) is 89.2 cm³/mol. The van der Waals surface area contributed by atoms with Gasteiger partial charge in [0, 0.05) is 18.5 Å². The summed E-state index contributed by atoms with van der Waals surface area (Å²) in [5.74, 6) is 0.709. The number of amides is 1. The number of nitrogens with one attached hydrogen (secondary N) is 1. The number of rotatable bonds is 9. The number of nitrogens with two attached hydrogens (primary N) is 1. The first-order chi connectivity index (χ1) is 10.0. The van der Waals surface area contributed by atoms with Gasteiger partial charge in [0.1, 0.15) is 0 Å². The Labute approximate surface area is 130 Å². The van der Waals surface area contributed by atoms with Crippen molar-refractivity contribution in [3.8, 4) is 0 Å². The smallest absolute Gasteiger partial charge is 0.220 e. The van der Waals surface area contributed by atoms with Crippen molar-refractivity contribution >= 4 is 5.91 Å². The molecule has 124 valence electrons. The Morgan fingerprint density at radius 1 is 1.33 bits per heavy atom. The predicted octanol–water partition coefficient (Wildman–Crippen LogP) is 2.52. The van der Waals surface area contributed by atoms with Crippen molar-refractivity contribution in [1.29, 1.82) is 0 Å². The second-order valence-corrected chi connectivity index (χ2v) is 6.63. The van der Waals surface area contributed by atoms with Crippen LogP contribution < -0.4 is 11.1 Å². The quantitative estimate of drug-likeness (QED) is 0.687. The van der Waals surface area contributed by atoms with Crippen molar-refractivity contribution in [2.45, 2.75) is 77.8 Å². The van der Waals surface area contributed by atoms with E-state index in [1.54, 1.807) is 0 Å². The minimum absolute atomic E-state index is 0.212.